The summed E-state index contributed by atoms with van der Waals surface area (Å²) < 4.78 is 0.812. The Morgan fingerprint density at radius 3 is 2.08 bits per heavy atom. The van der Waals surface area contributed by atoms with E-state index in [1.54, 1.807) is 18.2 Å². The highest BCUT2D eigenvalue weighted by Gasteiger charge is 2.34. The van der Waals surface area contributed by atoms with Gasteiger partial charge in [0.2, 0.25) is 11.8 Å². The van der Waals surface area contributed by atoms with E-state index in [1.165, 1.54) is 0 Å². The molecule has 0 radical (unpaired) electrons. The molecular weight excluding hydrogens is 520 g/mol. The number of urea groups is 1. The van der Waals surface area contributed by atoms with Gasteiger partial charge >= 0.3 is 6.03 Å². The van der Waals surface area contributed by atoms with Crippen LogP contribution in [0.2, 0.25) is 0 Å². The summed E-state index contributed by atoms with van der Waals surface area (Å²) >= 11 is 3.36. The summed E-state index contributed by atoms with van der Waals surface area (Å²) in [6.45, 7) is 5.49. The van der Waals surface area contributed by atoms with Gasteiger partial charge in [0.1, 0.15) is 12.1 Å². The van der Waals surface area contributed by atoms with Gasteiger partial charge in [-0.05, 0) is 40.3 Å². The van der Waals surface area contributed by atoms with Crippen LogP contribution < -0.4 is 21.7 Å². The molecule has 0 heterocycles. The van der Waals surface area contributed by atoms with E-state index >= 15 is 0 Å². The van der Waals surface area contributed by atoms with Gasteiger partial charge in [0.15, 0.2) is 0 Å². The molecule has 4 amide bonds. The second kappa shape index (κ2) is 11.9. The number of hydrogen-bond donors (Lipinski definition) is 4. The highest BCUT2D eigenvalue weighted by Crippen LogP contribution is 2.22. The van der Waals surface area contributed by atoms with Gasteiger partial charge < -0.3 is 21.7 Å². The van der Waals surface area contributed by atoms with Crippen molar-refractivity contribution in [2.24, 2.45) is 11.1 Å². The lowest BCUT2D eigenvalue weighted by molar-refractivity contribution is -0.130. The zero-order valence-electron chi connectivity index (χ0n) is 20.5. The lowest BCUT2D eigenvalue weighted by Crippen LogP contribution is -2.58. The molecule has 0 aliphatic rings. The molecule has 0 saturated carbocycles. The van der Waals surface area contributed by atoms with Crippen molar-refractivity contribution in [1.82, 2.24) is 10.6 Å². The smallest absolute Gasteiger partial charge is 0.319 e. The van der Waals surface area contributed by atoms with Crippen LogP contribution in [0.1, 0.15) is 26.3 Å². The number of primary amides is 1. The molecule has 0 fully saturated rings. The molecule has 0 saturated heterocycles. The molecule has 0 aromatic heterocycles. The molecule has 3 rings (SSSR count). The average Bonchev–Trinajstić information content (AvgIpc) is 2.82. The van der Waals surface area contributed by atoms with Gasteiger partial charge in [-0.2, -0.15) is 0 Å². The van der Waals surface area contributed by atoms with E-state index in [2.05, 4.69) is 31.9 Å². The van der Waals surface area contributed by atoms with Gasteiger partial charge in [-0.3, -0.25) is 9.59 Å². The van der Waals surface area contributed by atoms with Gasteiger partial charge in [0, 0.05) is 16.6 Å². The van der Waals surface area contributed by atoms with Crippen molar-refractivity contribution in [3.8, 4) is 11.1 Å². The Labute approximate surface area is 220 Å². The number of benzene rings is 3. The number of anilines is 1. The van der Waals surface area contributed by atoms with E-state index in [0.29, 0.717) is 5.69 Å². The van der Waals surface area contributed by atoms with Crippen molar-refractivity contribution < 1.29 is 14.4 Å². The Morgan fingerprint density at radius 2 is 1.50 bits per heavy atom. The average molecular weight is 551 g/mol. The Balaban J connectivity index is 1.68. The number of carbonyl (C=O) groups excluding carboxylic acids is 3. The van der Waals surface area contributed by atoms with E-state index in [4.69, 9.17) is 5.73 Å². The maximum atomic E-state index is 13.2. The molecule has 8 heteroatoms. The minimum Gasteiger partial charge on any atom is -0.368 e. The highest BCUT2D eigenvalue weighted by atomic mass is 79.9. The summed E-state index contributed by atoms with van der Waals surface area (Å²) in [6, 6.07) is 22.5. The molecule has 3 aromatic rings. The number of carbonyl (C=O) groups is 3. The molecule has 0 bridgehead atoms. The van der Waals surface area contributed by atoms with E-state index in [9.17, 15) is 14.4 Å². The number of nitrogens with two attached hydrogens (primary N) is 1. The molecule has 7 nitrogen and oxygen atoms in total. The predicted molar refractivity (Wildman–Crippen MR) is 146 cm³/mol. The summed E-state index contributed by atoms with van der Waals surface area (Å²) in [6.07, 6.45) is 0.233. The fourth-order valence-corrected chi connectivity index (χ4v) is 4.12. The largest absolute Gasteiger partial charge is 0.368 e. The van der Waals surface area contributed by atoms with Crippen molar-refractivity contribution in [2.45, 2.75) is 39.3 Å². The Hall–Kier alpha value is -3.65. The molecule has 0 aliphatic heterocycles. The summed E-state index contributed by atoms with van der Waals surface area (Å²) in [5, 5.41) is 8.18. The third kappa shape index (κ3) is 7.68. The van der Waals surface area contributed by atoms with Crippen LogP contribution in [0.15, 0.2) is 83.3 Å². The standard InChI is InChI=1S/C28H31BrN4O3/c1-28(2,3)24(33-27(36)31-22-11-7-10-21(29)17-22)26(35)32-23(25(30)34)16-18-12-14-20(15-13-18)19-8-5-4-6-9-19/h4-15,17,23-24H,16H2,1-3H3,(H2,30,34)(H,32,35)(H2,31,33,36)/t23-,24+/m0/s1. The summed E-state index contributed by atoms with van der Waals surface area (Å²) in [5.41, 5.74) is 8.56. The van der Waals surface area contributed by atoms with Crippen LogP contribution in [0.3, 0.4) is 0 Å². The van der Waals surface area contributed by atoms with Crippen molar-refractivity contribution in [3.63, 3.8) is 0 Å². The first-order chi connectivity index (χ1) is 17.0. The van der Waals surface area contributed by atoms with Crippen LogP contribution in [-0.4, -0.2) is 29.9 Å². The van der Waals surface area contributed by atoms with Crippen LogP contribution in [0, 0.1) is 5.41 Å². The van der Waals surface area contributed by atoms with Crippen molar-refractivity contribution in [3.05, 3.63) is 88.9 Å². The van der Waals surface area contributed by atoms with Gasteiger partial charge in [-0.25, -0.2) is 4.79 Å². The Bertz CT molecular complexity index is 1210. The first-order valence-corrected chi connectivity index (χ1v) is 12.4. The van der Waals surface area contributed by atoms with E-state index in [1.807, 2.05) is 81.4 Å². The maximum absolute atomic E-state index is 13.2. The van der Waals surface area contributed by atoms with Gasteiger partial charge in [0.05, 0.1) is 0 Å². The normalized spacial score (nSPS) is 12.8. The number of hydrogen-bond acceptors (Lipinski definition) is 3. The monoisotopic (exact) mass is 550 g/mol. The number of rotatable bonds is 8. The molecule has 0 unspecified atom stereocenters. The van der Waals surface area contributed by atoms with E-state index < -0.39 is 35.3 Å². The Morgan fingerprint density at radius 1 is 0.861 bits per heavy atom. The van der Waals surface area contributed by atoms with Gasteiger partial charge in [0.25, 0.3) is 0 Å². The van der Waals surface area contributed by atoms with Crippen LogP contribution in [-0.2, 0) is 16.0 Å². The van der Waals surface area contributed by atoms with Crippen molar-refractivity contribution in [2.75, 3.05) is 5.32 Å². The molecular formula is C28H31BrN4O3. The zero-order valence-corrected chi connectivity index (χ0v) is 22.1. The molecule has 0 spiro atoms. The SMILES string of the molecule is CC(C)(C)[C@H](NC(=O)Nc1cccc(Br)c1)C(=O)N[C@@H](Cc1ccc(-c2ccccc2)cc1)C(N)=O. The second-order valence-corrected chi connectivity index (χ2v) is 10.6. The fraction of sp³-hybridized carbons (Fsp3) is 0.250. The molecule has 5 N–H and O–H groups in total. The zero-order chi connectivity index (χ0) is 26.3. The van der Waals surface area contributed by atoms with Crippen LogP contribution >= 0.6 is 15.9 Å². The van der Waals surface area contributed by atoms with Crippen LogP contribution in [0.5, 0.6) is 0 Å². The molecule has 188 valence electrons. The summed E-state index contributed by atoms with van der Waals surface area (Å²) in [7, 11) is 0. The minimum atomic E-state index is -0.931. The summed E-state index contributed by atoms with van der Waals surface area (Å²) in [5.74, 6) is -1.14. The minimum absolute atomic E-state index is 0.233. The number of halogens is 1. The highest BCUT2D eigenvalue weighted by molar-refractivity contribution is 9.10. The van der Waals surface area contributed by atoms with E-state index in [-0.39, 0.29) is 6.42 Å². The molecule has 36 heavy (non-hydrogen) atoms. The van der Waals surface area contributed by atoms with Gasteiger partial charge in [-0.15, -0.1) is 0 Å². The van der Waals surface area contributed by atoms with Crippen molar-refractivity contribution >= 4 is 39.5 Å². The Kier molecular flexibility index (Phi) is 8.88. The van der Waals surface area contributed by atoms with Crippen LogP contribution in [0.4, 0.5) is 10.5 Å². The summed E-state index contributed by atoms with van der Waals surface area (Å²) in [4.78, 5) is 38.0. The lowest BCUT2D eigenvalue weighted by atomic mass is 9.86. The van der Waals surface area contributed by atoms with Crippen LogP contribution in [0.25, 0.3) is 11.1 Å². The number of nitrogens with one attached hydrogen (secondary N) is 3. The van der Waals surface area contributed by atoms with Gasteiger partial charge in [-0.1, -0.05) is 97.4 Å². The topological polar surface area (TPSA) is 113 Å². The fourth-order valence-electron chi connectivity index (χ4n) is 3.72. The third-order valence-corrected chi connectivity index (χ3v) is 6.14. The molecule has 2 atom stereocenters. The quantitative estimate of drug-likeness (QED) is 0.321. The number of amides is 4. The first-order valence-electron chi connectivity index (χ1n) is 11.6. The lowest BCUT2D eigenvalue weighted by Gasteiger charge is -2.31. The van der Waals surface area contributed by atoms with Crippen molar-refractivity contribution in [1.29, 1.82) is 0 Å². The maximum Gasteiger partial charge on any atom is 0.319 e. The molecule has 0 aliphatic carbocycles. The third-order valence-electron chi connectivity index (χ3n) is 5.65. The first kappa shape index (κ1) is 26.9. The second-order valence-electron chi connectivity index (χ2n) is 9.64. The van der Waals surface area contributed by atoms with E-state index in [0.717, 1.165) is 21.2 Å². The predicted octanol–water partition coefficient (Wildman–Crippen LogP) is 4.87. The molecule has 3 aromatic carbocycles.